The number of amides is 2. The van der Waals surface area contributed by atoms with Crippen LogP contribution in [-0.2, 0) is 0 Å². The molecule has 7 nitrogen and oxygen atoms in total. The SMILES string of the molecule is Cc1cc(C)n(-c2ccc(NC(=O)N(CCO)CC(F)F)cn2)n1. The molecule has 0 fully saturated rings. The van der Waals surface area contributed by atoms with E-state index < -0.39 is 25.6 Å². The zero-order valence-electron chi connectivity index (χ0n) is 13.4. The Hall–Kier alpha value is -2.55. The van der Waals surface area contributed by atoms with Crippen molar-refractivity contribution in [3.63, 3.8) is 0 Å². The molecule has 2 heterocycles. The number of urea groups is 1. The Morgan fingerprint density at radius 3 is 2.67 bits per heavy atom. The summed E-state index contributed by atoms with van der Waals surface area (Å²) in [7, 11) is 0. The van der Waals surface area contributed by atoms with E-state index >= 15 is 0 Å². The second kappa shape index (κ2) is 7.82. The van der Waals surface area contributed by atoms with Gasteiger partial charge in [-0.05, 0) is 32.0 Å². The number of carbonyl (C=O) groups is 1. The maximum atomic E-state index is 12.5. The minimum atomic E-state index is -2.67. The molecule has 2 rings (SSSR count). The Labute approximate surface area is 137 Å². The number of hydrogen-bond acceptors (Lipinski definition) is 4. The van der Waals surface area contributed by atoms with Gasteiger partial charge in [-0.2, -0.15) is 5.10 Å². The lowest BCUT2D eigenvalue weighted by atomic mass is 10.4. The summed E-state index contributed by atoms with van der Waals surface area (Å²) in [5, 5.41) is 15.7. The lowest BCUT2D eigenvalue weighted by molar-refractivity contribution is 0.0943. The number of nitrogens with zero attached hydrogens (tertiary/aromatic N) is 4. The summed E-state index contributed by atoms with van der Waals surface area (Å²) >= 11 is 0. The summed E-state index contributed by atoms with van der Waals surface area (Å²) < 4.78 is 26.6. The lowest BCUT2D eigenvalue weighted by Crippen LogP contribution is -2.40. The number of rotatable bonds is 6. The predicted molar refractivity (Wildman–Crippen MR) is 84.5 cm³/mol. The number of carbonyl (C=O) groups excluding carboxylic acids is 1. The second-order valence-electron chi connectivity index (χ2n) is 5.23. The van der Waals surface area contributed by atoms with Gasteiger partial charge in [-0.3, -0.25) is 0 Å². The first-order valence-corrected chi connectivity index (χ1v) is 7.35. The average Bonchev–Trinajstić information content (AvgIpc) is 2.86. The largest absolute Gasteiger partial charge is 0.395 e. The minimum Gasteiger partial charge on any atom is -0.395 e. The molecule has 9 heteroatoms. The van der Waals surface area contributed by atoms with E-state index in [1.807, 2.05) is 19.9 Å². The Morgan fingerprint density at radius 2 is 2.17 bits per heavy atom. The van der Waals surface area contributed by atoms with Crippen LogP contribution in [0.15, 0.2) is 24.4 Å². The Kier molecular flexibility index (Phi) is 5.80. The smallest absolute Gasteiger partial charge is 0.322 e. The van der Waals surface area contributed by atoms with Crippen LogP contribution in [0.1, 0.15) is 11.4 Å². The van der Waals surface area contributed by atoms with E-state index in [4.69, 9.17) is 5.11 Å². The van der Waals surface area contributed by atoms with E-state index in [1.54, 1.807) is 16.8 Å². The summed E-state index contributed by atoms with van der Waals surface area (Å²) in [4.78, 5) is 17.0. The van der Waals surface area contributed by atoms with Crippen molar-refractivity contribution in [1.82, 2.24) is 19.7 Å². The monoisotopic (exact) mass is 339 g/mol. The average molecular weight is 339 g/mol. The van der Waals surface area contributed by atoms with E-state index in [0.29, 0.717) is 11.5 Å². The highest BCUT2D eigenvalue weighted by Crippen LogP contribution is 2.13. The van der Waals surface area contributed by atoms with Crippen LogP contribution in [0.5, 0.6) is 0 Å². The van der Waals surface area contributed by atoms with Crippen molar-refractivity contribution in [3.05, 3.63) is 35.8 Å². The number of aliphatic hydroxyl groups excluding tert-OH is 1. The number of aromatic nitrogens is 3. The molecule has 0 atom stereocenters. The van der Waals surface area contributed by atoms with Crippen molar-refractivity contribution in [3.8, 4) is 5.82 Å². The molecule has 0 aliphatic carbocycles. The molecule has 2 N–H and O–H groups in total. The fraction of sp³-hybridized carbons (Fsp3) is 0.400. The third-order valence-corrected chi connectivity index (χ3v) is 3.24. The molecule has 0 bridgehead atoms. The Bertz CT molecular complexity index is 688. The molecule has 0 spiro atoms. The first-order chi connectivity index (χ1) is 11.4. The molecule has 2 aromatic heterocycles. The third-order valence-electron chi connectivity index (χ3n) is 3.24. The maximum Gasteiger partial charge on any atom is 0.322 e. The van der Waals surface area contributed by atoms with Crippen molar-refractivity contribution in [1.29, 1.82) is 0 Å². The molecule has 0 saturated heterocycles. The Morgan fingerprint density at radius 1 is 1.42 bits per heavy atom. The third kappa shape index (κ3) is 4.48. The molecule has 130 valence electrons. The molecule has 0 aromatic carbocycles. The van der Waals surface area contributed by atoms with Gasteiger partial charge in [0.05, 0.1) is 30.7 Å². The number of alkyl halides is 2. The van der Waals surface area contributed by atoms with Crippen LogP contribution in [-0.4, -0.2) is 56.9 Å². The first-order valence-electron chi connectivity index (χ1n) is 7.35. The highest BCUT2D eigenvalue weighted by atomic mass is 19.3. The summed E-state index contributed by atoms with van der Waals surface area (Å²) in [6, 6.07) is 4.47. The van der Waals surface area contributed by atoms with Gasteiger partial charge < -0.3 is 15.3 Å². The zero-order valence-corrected chi connectivity index (χ0v) is 13.4. The van der Waals surface area contributed by atoms with Crippen LogP contribution in [0, 0.1) is 13.8 Å². The van der Waals surface area contributed by atoms with Crippen LogP contribution >= 0.6 is 0 Å². The van der Waals surface area contributed by atoms with Crippen LogP contribution in [0.4, 0.5) is 19.3 Å². The van der Waals surface area contributed by atoms with E-state index in [9.17, 15) is 13.6 Å². The summed E-state index contributed by atoms with van der Waals surface area (Å²) in [6.07, 6.45) is -1.25. The van der Waals surface area contributed by atoms with Gasteiger partial charge >= 0.3 is 6.03 Å². The quantitative estimate of drug-likeness (QED) is 0.843. The summed E-state index contributed by atoms with van der Waals surface area (Å²) in [5.74, 6) is 0.582. The van der Waals surface area contributed by atoms with Crippen LogP contribution in [0.25, 0.3) is 5.82 Å². The van der Waals surface area contributed by atoms with Gasteiger partial charge in [0.25, 0.3) is 6.43 Å². The Balaban J connectivity index is 2.07. The normalized spacial score (nSPS) is 10.9. The number of aliphatic hydroxyl groups is 1. The summed E-state index contributed by atoms with van der Waals surface area (Å²) in [5.41, 5.74) is 2.14. The van der Waals surface area contributed by atoms with E-state index in [1.165, 1.54) is 6.20 Å². The number of hydrogen-bond donors (Lipinski definition) is 2. The molecule has 0 saturated carbocycles. The molecule has 0 unspecified atom stereocenters. The molecule has 2 amide bonds. The summed E-state index contributed by atoms with van der Waals surface area (Å²) in [6.45, 7) is 2.46. The fourth-order valence-electron chi connectivity index (χ4n) is 2.21. The van der Waals surface area contributed by atoms with Gasteiger partial charge in [0.1, 0.15) is 0 Å². The van der Waals surface area contributed by atoms with Gasteiger partial charge in [-0.1, -0.05) is 0 Å². The number of nitrogens with one attached hydrogen (secondary N) is 1. The van der Waals surface area contributed by atoms with Crippen molar-refractivity contribution in [2.24, 2.45) is 0 Å². The second-order valence-corrected chi connectivity index (χ2v) is 5.23. The zero-order chi connectivity index (χ0) is 17.7. The topological polar surface area (TPSA) is 83.3 Å². The van der Waals surface area contributed by atoms with Crippen molar-refractivity contribution in [2.75, 3.05) is 25.0 Å². The number of halogens is 2. The molecule has 24 heavy (non-hydrogen) atoms. The number of anilines is 1. The van der Waals surface area contributed by atoms with Gasteiger partial charge in [0.15, 0.2) is 5.82 Å². The molecule has 0 aliphatic heterocycles. The van der Waals surface area contributed by atoms with E-state index in [0.717, 1.165) is 16.3 Å². The predicted octanol–water partition coefficient (Wildman–Crippen LogP) is 1.98. The molecule has 0 aliphatic rings. The van der Waals surface area contributed by atoms with Crippen LogP contribution in [0.2, 0.25) is 0 Å². The minimum absolute atomic E-state index is 0.173. The highest BCUT2D eigenvalue weighted by molar-refractivity contribution is 5.89. The fourth-order valence-corrected chi connectivity index (χ4v) is 2.21. The van der Waals surface area contributed by atoms with Crippen molar-refractivity contribution >= 4 is 11.7 Å². The van der Waals surface area contributed by atoms with Gasteiger partial charge in [-0.15, -0.1) is 0 Å². The van der Waals surface area contributed by atoms with E-state index in [-0.39, 0.29) is 6.54 Å². The van der Waals surface area contributed by atoms with Crippen molar-refractivity contribution in [2.45, 2.75) is 20.3 Å². The van der Waals surface area contributed by atoms with Gasteiger partial charge in [0.2, 0.25) is 0 Å². The molecule has 2 aromatic rings. The maximum absolute atomic E-state index is 12.5. The van der Waals surface area contributed by atoms with E-state index in [2.05, 4.69) is 15.4 Å². The lowest BCUT2D eigenvalue weighted by Gasteiger charge is -2.21. The first kappa shape index (κ1) is 17.8. The van der Waals surface area contributed by atoms with Gasteiger partial charge in [-0.25, -0.2) is 23.2 Å². The van der Waals surface area contributed by atoms with Crippen molar-refractivity contribution < 1.29 is 18.7 Å². The number of pyridine rings is 1. The van der Waals surface area contributed by atoms with Crippen LogP contribution in [0.3, 0.4) is 0 Å². The molecule has 0 radical (unpaired) electrons. The molecular formula is C15H19F2N5O2. The highest BCUT2D eigenvalue weighted by Gasteiger charge is 2.18. The number of aryl methyl sites for hydroxylation is 2. The standard InChI is InChI=1S/C15H19F2N5O2/c1-10-7-11(2)22(20-10)14-4-3-12(8-18-14)19-15(24)21(5-6-23)9-13(16)17/h3-4,7-8,13,23H,5-6,9H2,1-2H3,(H,19,24). The van der Waals surface area contributed by atoms with Crippen LogP contribution < -0.4 is 5.32 Å². The molecular weight excluding hydrogens is 320 g/mol. The van der Waals surface area contributed by atoms with Gasteiger partial charge in [0, 0.05) is 12.2 Å².